The van der Waals surface area contributed by atoms with E-state index in [0.29, 0.717) is 11.6 Å². The van der Waals surface area contributed by atoms with Crippen LogP contribution in [0.5, 0.6) is 0 Å². The first-order chi connectivity index (χ1) is 12.8. The van der Waals surface area contributed by atoms with E-state index in [2.05, 4.69) is 20.8 Å². The van der Waals surface area contributed by atoms with Crippen molar-refractivity contribution in [3.63, 3.8) is 0 Å². The first-order valence-corrected chi connectivity index (χ1v) is 9.26. The summed E-state index contributed by atoms with van der Waals surface area (Å²) >= 11 is 1.46. The van der Waals surface area contributed by atoms with E-state index in [-0.39, 0.29) is 23.6 Å². The molecule has 10 heteroatoms. The highest BCUT2D eigenvalue weighted by Crippen LogP contribution is 2.17. The second-order valence-electron chi connectivity index (χ2n) is 5.67. The molecule has 0 radical (unpaired) electrons. The van der Waals surface area contributed by atoms with Crippen molar-refractivity contribution < 1.29 is 14.5 Å². The lowest BCUT2D eigenvalue weighted by atomic mass is 10.1. The molecule has 0 aliphatic carbocycles. The number of aryl methyl sites for hydroxylation is 2. The highest BCUT2D eigenvalue weighted by Gasteiger charge is 2.13. The summed E-state index contributed by atoms with van der Waals surface area (Å²) in [6, 6.07) is 5.08. The van der Waals surface area contributed by atoms with E-state index in [1.165, 1.54) is 36.0 Å². The van der Waals surface area contributed by atoms with Crippen molar-refractivity contribution in [2.45, 2.75) is 31.8 Å². The van der Waals surface area contributed by atoms with Gasteiger partial charge in [0.1, 0.15) is 0 Å². The number of non-ortho nitro benzene ring substituents is 1. The molecule has 2 aromatic rings. The summed E-state index contributed by atoms with van der Waals surface area (Å²) < 4.78 is 0. The molecule has 2 rings (SSSR count). The first kappa shape index (κ1) is 20.3. The maximum absolute atomic E-state index is 12.0. The third-order valence-corrected chi connectivity index (χ3v) is 4.39. The van der Waals surface area contributed by atoms with E-state index in [9.17, 15) is 19.7 Å². The Bertz CT molecular complexity index is 847. The zero-order valence-corrected chi connectivity index (χ0v) is 15.9. The summed E-state index contributed by atoms with van der Waals surface area (Å²) in [7, 11) is 0. The van der Waals surface area contributed by atoms with Gasteiger partial charge in [0.05, 0.1) is 4.92 Å². The Balaban J connectivity index is 1.87. The predicted octanol–water partition coefficient (Wildman–Crippen LogP) is 2.12. The molecule has 9 nitrogen and oxygen atoms in total. The fourth-order valence-electron chi connectivity index (χ4n) is 2.40. The second kappa shape index (κ2) is 9.08. The number of thioether (sulfide) groups is 1. The molecule has 0 aliphatic rings. The van der Waals surface area contributed by atoms with Gasteiger partial charge >= 0.3 is 0 Å². The van der Waals surface area contributed by atoms with Crippen LogP contribution < -0.4 is 10.9 Å². The summed E-state index contributed by atoms with van der Waals surface area (Å²) in [5.74, 6) is -0.920. The van der Waals surface area contributed by atoms with Crippen molar-refractivity contribution in [2.75, 3.05) is 6.26 Å². The van der Waals surface area contributed by atoms with Gasteiger partial charge in [0.2, 0.25) is 5.91 Å². The monoisotopic (exact) mass is 389 g/mol. The smallest absolute Gasteiger partial charge is 0.269 e. The number of nitrogens with one attached hydrogen (secondary N) is 2. The van der Waals surface area contributed by atoms with Gasteiger partial charge in [0.15, 0.2) is 5.16 Å². The van der Waals surface area contributed by atoms with Gasteiger partial charge in [-0.3, -0.25) is 30.6 Å². The van der Waals surface area contributed by atoms with E-state index >= 15 is 0 Å². The highest BCUT2D eigenvalue weighted by atomic mass is 32.2. The lowest BCUT2D eigenvalue weighted by Crippen LogP contribution is -2.41. The number of nitrogens with zero attached hydrogens (tertiary/aromatic N) is 3. The van der Waals surface area contributed by atoms with E-state index < -0.39 is 10.8 Å². The minimum atomic E-state index is -0.557. The van der Waals surface area contributed by atoms with Gasteiger partial charge in [-0.25, -0.2) is 9.97 Å². The summed E-state index contributed by atoms with van der Waals surface area (Å²) in [5.41, 5.74) is 7.27. The molecule has 0 unspecified atom stereocenters. The van der Waals surface area contributed by atoms with Crippen LogP contribution in [-0.4, -0.2) is 33.0 Å². The number of rotatable bonds is 6. The number of hydrogen-bond acceptors (Lipinski definition) is 7. The maximum Gasteiger partial charge on any atom is 0.269 e. The summed E-state index contributed by atoms with van der Waals surface area (Å²) in [4.78, 5) is 42.7. The number of nitro benzene ring substituents is 1. The molecular weight excluding hydrogens is 370 g/mol. The number of carbonyl (C=O) groups is 2. The predicted molar refractivity (Wildman–Crippen MR) is 100 cm³/mol. The number of hydrazine groups is 1. The van der Waals surface area contributed by atoms with Crippen molar-refractivity contribution in [3.05, 3.63) is 56.9 Å². The number of benzene rings is 1. The van der Waals surface area contributed by atoms with Crippen molar-refractivity contribution in [2.24, 2.45) is 0 Å². The van der Waals surface area contributed by atoms with Gasteiger partial charge in [-0.2, -0.15) is 0 Å². The number of nitro groups is 1. The quantitative estimate of drug-likeness (QED) is 0.335. The van der Waals surface area contributed by atoms with E-state index in [1.807, 2.05) is 20.1 Å². The third-order valence-electron chi connectivity index (χ3n) is 3.84. The Morgan fingerprint density at radius 3 is 2.22 bits per heavy atom. The minimum Gasteiger partial charge on any atom is -0.273 e. The van der Waals surface area contributed by atoms with E-state index in [4.69, 9.17) is 0 Å². The SMILES string of the molecule is CSc1nc(C)c(CCC(=O)NNC(=O)c2ccc([N+](=O)[O-])cc2)c(C)n1. The van der Waals surface area contributed by atoms with Gasteiger partial charge in [-0.1, -0.05) is 11.8 Å². The molecule has 0 atom stereocenters. The van der Waals surface area contributed by atoms with Crippen LogP contribution in [0.3, 0.4) is 0 Å². The molecule has 27 heavy (non-hydrogen) atoms. The summed E-state index contributed by atoms with van der Waals surface area (Å²) in [5, 5.41) is 11.3. The van der Waals surface area contributed by atoms with Crippen LogP contribution in [0.25, 0.3) is 0 Å². The van der Waals surface area contributed by atoms with E-state index in [1.54, 1.807) is 0 Å². The molecule has 0 saturated carbocycles. The van der Waals surface area contributed by atoms with Crippen LogP contribution in [0, 0.1) is 24.0 Å². The Hall–Kier alpha value is -3.01. The second-order valence-corrected chi connectivity index (χ2v) is 6.44. The van der Waals surface area contributed by atoms with Gasteiger partial charge in [0, 0.05) is 35.5 Å². The maximum atomic E-state index is 12.0. The Morgan fingerprint density at radius 1 is 1.11 bits per heavy atom. The molecular formula is C17H19N5O4S. The molecule has 0 aliphatic heterocycles. The molecule has 142 valence electrons. The van der Waals surface area contributed by atoms with E-state index in [0.717, 1.165) is 17.0 Å². The normalized spacial score (nSPS) is 10.3. The summed E-state index contributed by atoms with van der Waals surface area (Å²) in [6.45, 7) is 3.75. The van der Waals surface area contributed by atoms with Crippen molar-refractivity contribution in [3.8, 4) is 0 Å². The van der Waals surface area contributed by atoms with Gasteiger partial charge in [0.25, 0.3) is 11.6 Å². The van der Waals surface area contributed by atoms with Crippen molar-refractivity contribution in [1.29, 1.82) is 0 Å². The minimum absolute atomic E-state index is 0.115. The number of aromatic nitrogens is 2. The molecule has 0 spiro atoms. The van der Waals surface area contributed by atoms with Crippen LogP contribution in [-0.2, 0) is 11.2 Å². The molecule has 0 bridgehead atoms. The molecule has 1 aromatic carbocycles. The first-order valence-electron chi connectivity index (χ1n) is 8.03. The van der Waals surface area contributed by atoms with Gasteiger partial charge in [-0.05, 0) is 44.2 Å². The largest absolute Gasteiger partial charge is 0.273 e. The lowest BCUT2D eigenvalue weighted by Gasteiger charge is -2.11. The zero-order chi connectivity index (χ0) is 20.0. The summed E-state index contributed by atoms with van der Waals surface area (Å²) in [6.07, 6.45) is 2.50. The van der Waals surface area contributed by atoms with Crippen LogP contribution in [0.15, 0.2) is 29.4 Å². The van der Waals surface area contributed by atoms with Crippen LogP contribution in [0.4, 0.5) is 5.69 Å². The van der Waals surface area contributed by atoms with Crippen LogP contribution >= 0.6 is 11.8 Å². The Kier molecular flexibility index (Phi) is 6.83. The molecule has 0 saturated heterocycles. The fourth-order valence-corrected chi connectivity index (χ4v) is 2.85. The standard InChI is InChI=1S/C17H19N5O4S/c1-10-14(11(2)19-17(18-10)27-3)8-9-15(23)20-21-16(24)12-4-6-13(7-5-12)22(25)26/h4-7H,8-9H2,1-3H3,(H,20,23)(H,21,24). The van der Waals surface area contributed by atoms with Crippen LogP contribution in [0.1, 0.15) is 33.7 Å². The number of hydrogen-bond donors (Lipinski definition) is 2. The number of carbonyl (C=O) groups excluding carboxylic acids is 2. The average Bonchev–Trinajstić information content (AvgIpc) is 2.65. The molecule has 1 aromatic heterocycles. The van der Waals surface area contributed by atoms with Crippen LogP contribution in [0.2, 0.25) is 0 Å². The number of amides is 2. The third kappa shape index (κ3) is 5.48. The average molecular weight is 389 g/mol. The Labute approximate surface area is 160 Å². The van der Waals surface area contributed by atoms with Crippen molar-refractivity contribution >= 4 is 29.3 Å². The Morgan fingerprint density at radius 2 is 1.70 bits per heavy atom. The topological polar surface area (TPSA) is 127 Å². The molecule has 1 heterocycles. The van der Waals surface area contributed by atoms with Gasteiger partial charge < -0.3 is 0 Å². The molecule has 2 amide bonds. The molecule has 2 N–H and O–H groups in total. The highest BCUT2D eigenvalue weighted by molar-refractivity contribution is 7.98. The van der Waals surface area contributed by atoms with Crippen molar-refractivity contribution in [1.82, 2.24) is 20.8 Å². The lowest BCUT2D eigenvalue weighted by molar-refractivity contribution is -0.384. The molecule has 0 fully saturated rings. The fraction of sp³-hybridized carbons (Fsp3) is 0.294. The van der Waals surface area contributed by atoms with Gasteiger partial charge in [-0.15, -0.1) is 0 Å². The zero-order valence-electron chi connectivity index (χ0n) is 15.1.